The summed E-state index contributed by atoms with van der Waals surface area (Å²) >= 11 is 0. The lowest BCUT2D eigenvalue weighted by Gasteiger charge is -2.14. The van der Waals surface area contributed by atoms with Crippen LogP contribution in [-0.2, 0) is 0 Å². The Bertz CT molecular complexity index is 287. The highest BCUT2D eigenvalue weighted by Crippen LogP contribution is 2.20. The predicted octanol–water partition coefficient (Wildman–Crippen LogP) is 0.661. The number of benzene rings is 1. The van der Waals surface area contributed by atoms with Crippen molar-refractivity contribution in [3.05, 3.63) is 29.6 Å². The van der Waals surface area contributed by atoms with Gasteiger partial charge >= 0.3 is 0 Å². The van der Waals surface area contributed by atoms with Crippen molar-refractivity contribution < 1.29 is 9.50 Å². The normalized spacial score (nSPS) is 12.8. The molecule has 0 bridgehead atoms. The Labute approximate surface area is 76.4 Å². The fourth-order valence-corrected chi connectivity index (χ4v) is 1.18. The summed E-state index contributed by atoms with van der Waals surface area (Å²) in [6.45, 7) is -0.156. The van der Waals surface area contributed by atoms with Gasteiger partial charge in [-0.05, 0) is 13.1 Å². The maximum Gasteiger partial charge on any atom is 0.150 e. The molecule has 0 fully saturated rings. The molecule has 72 valence electrons. The summed E-state index contributed by atoms with van der Waals surface area (Å²) in [6, 6.07) is 4.35. The summed E-state index contributed by atoms with van der Waals surface area (Å²) in [6.07, 6.45) is 0. The average Bonchev–Trinajstić information content (AvgIpc) is 2.14. The summed E-state index contributed by atoms with van der Waals surface area (Å²) in [4.78, 5) is 0. The molecule has 1 atom stereocenters. The van der Waals surface area contributed by atoms with Gasteiger partial charge in [0, 0.05) is 5.56 Å². The Balaban J connectivity index is 3.05. The van der Waals surface area contributed by atoms with Crippen molar-refractivity contribution in [2.75, 3.05) is 19.4 Å². The Kier molecular flexibility index (Phi) is 3.22. The van der Waals surface area contributed by atoms with E-state index in [4.69, 9.17) is 10.8 Å². The van der Waals surface area contributed by atoms with Crippen LogP contribution in [0.5, 0.6) is 0 Å². The summed E-state index contributed by atoms with van der Waals surface area (Å²) in [5, 5.41) is 11.7. The molecule has 1 aromatic rings. The van der Waals surface area contributed by atoms with Crippen molar-refractivity contribution in [1.29, 1.82) is 0 Å². The molecule has 0 aromatic heterocycles. The number of hydrogen-bond acceptors (Lipinski definition) is 3. The smallest absolute Gasteiger partial charge is 0.150 e. The van der Waals surface area contributed by atoms with Crippen LogP contribution in [0.2, 0.25) is 0 Å². The first-order valence-electron chi connectivity index (χ1n) is 4.02. The van der Waals surface area contributed by atoms with Crippen molar-refractivity contribution in [2.24, 2.45) is 0 Å². The van der Waals surface area contributed by atoms with E-state index >= 15 is 0 Å². The molecular formula is C9H13FN2O. The monoisotopic (exact) mass is 184 g/mol. The molecule has 0 aliphatic carbocycles. The first-order valence-corrected chi connectivity index (χ1v) is 4.02. The molecule has 3 nitrogen and oxygen atoms in total. The molecule has 0 heterocycles. The third-order valence-electron chi connectivity index (χ3n) is 1.96. The minimum absolute atomic E-state index is 0.103. The van der Waals surface area contributed by atoms with E-state index in [0.29, 0.717) is 5.56 Å². The number of anilines is 1. The number of aliphatic hydroxyl groups excluding tert-OH is 1. The van der Waals surface area contributed by atoms with Crippen LogP contribution in [0.1, 0.15) is 11.6 Å². The van der Waals surface area contributed by atoms with Gasteiger partial charge in [0.1, 0.15) is 0 Å². The second-order valence-electron chi connectivity index (χ2n) is 2.77. The Morgan fingerprint density at radius 1 is 1.62 bits per heavy atom. The highest BCUT2D eigenvalue weighted by Gasteiger charge is 2.13. The van der Waals surface area contributed by atoms with Crippen LogP contribution < -0.4 is 11.1 Å². The van der Waals surface area contributed by atoms with Gasteiger partial charge in [-0.1, -0.05) is 12.1 Å². The van der Waals surface area contributed by atoms with Crippen LogP contribution >= 0.6 is 0 Å². The van der Waals surface area contributed by atoms with Crippen LogP contribution in [0, 0.1) is 5.82 Å². The first kappa shape index (κ1) is 9.95. The quantitative estimate of drug-likeness (QED) is 0.605. The van der Waals surface area contributed by atoms with E-state index in [1.807, 2.05) is 0 Å². The lowest BCUT2D eigenvalue weighted by Crippen LogP contribution is -2.21. The van der Waals surface area contributed by atoms with Crippen LogP contribution in [-0.4, -0.2) is 18.8 Å². The molecule has 4 heteroatoms. The summed E-state index contributed by atoms with van der Waals surface area (Å²) in [5.41, 5.74) is 5.88. The van der Waals surface area contributed by atoms with E-state index in [0.717, 1.165) is 0 Å². The molecule has 4 N–H and O–H groups in total. The van der Waals surface area contributed by atoms with Crippen LogP contribution in [0.25, 0.3) is 0 Å². The molecule has 0 amide bonds. The Hall–Kier alpha value is -1.13. The fourth-order valence-electron chi connectivity index (χ4n) is 1.18. The number of nitrogens with two attached hydrogens (primary N) is 1. The van der Waals surface area contributed by atoms with Gasteiger partial charge in [0.15, 0.2) is 5.82 Å². The zero-order valence-corrected chi connectivity index (χ0v) is 7.42. The number of nitrogen functional groups attached to an aromatic ring is 1. The van der Waals surface area contributed by atoms with Crippen LogP contribution in [0.3, 0.4) is 0 Å². The number of hydrogen-bond donors (Lipinski definition) is 3. The zero-order valence-electron chi connectivity index (χ0n) is 7.42. The van der Waals surface area contributed by atoms with Gasteiger partial charge < -0.3 is 16.2 Å². The number of rotatable bonds is 3. The maximum atomic E-state index is 13.3. The SMILES string of the molecule is CN[C@@H](CO)c1cccc(N)c1F. The molecule has 0 saturated heterocycles. The third-order valence-corrected chi connectivity index (χ3v) is 1.96. The first-order chi connectivity index (χ1) is 6.20. The van der Waals surface area contributed by atoms with Crippen molar-refractivity contribution in [1.82, 2.24) is 5.32 Å². The van der Waals surface area contributed by atoms with Crippen LogP contribution in [0.4, 0.5) is 10.1 Å². The molecule has 0 aliphatic rings. The molecule has 0 saturated carbocycles. The van der Waals surface area contributed by atoms with Gasteiger partial charge in [-0.15, -0.1) is 0 Å². The third kappa shape index (κ3) is 1.96. The largest absolute Gasteiger partial charge is 0.396 e. The molecular weight excluding hydrogens is 171 g/mol. The summed E-state index contributed by atoms with van der Waals surface area (Å²) in [7, 11) is 1.66. The second-order valence-corrected chi connectivity index (χ2v) is 2.77. The minimum atomic E-state index is -0.462. The van der Waals surface area contributed by atoms with E-state index in [1.54, 1.807) is 19.2 Å². The molecule has 0 spiro atoms. The number of halogens is 1. The average molecular weight is 184 g/mol. The fraction of sp³-hybridized carbons (Fsp3) is 0.333. The van der Waals surface area contributed by atoms with Crippen molar-refractivity contribution in [2.45, 2.75) is 6.04 Å². The van der Waals surface area contributed by atoms with Gasteiger partial charge in [-0.2, -0.15) is 0 Å². The number of likely N-dealkylation sites (N-methyl/N-ethyl adjacent to an activating group) is 1. The van der Waals surface area contributed by atoms with Crippen molar-refractivity contribution >= 4 is 5.69 Å². The number of nitrogens with one attached hydrogen (secondary N) is 1. The summed E-state index contributed by atoms with van der Waals surface area (Å²) < 4.78 is 13.3. The Morgan fingerprint density at radius 2 is 2.31 bits per heavy atom. The molecule has 0 radical (unpaired) electrons. The molecule has 1 rings (SSSR count). The van der Waals surface area contributed by atoms with Gasteiger partial charge in [0.25, 0.3) is 0 Å². The molecule has 0 unspecified atom stereocenters. The maximum absolute atomic E-state index is 13.3. The van der Waals surface area contributed by atoms with Gasteiger partial charge in [0.2, 0.25) is 0 Å². The predicted molar refractivity (Wildman–Crippen MR) is 49.7 cm³/mol. The van der Waals surface area contributed by atoms with Crippen molar-refractivity contribution in [3.63, 3.8) is 0 Å². The van der Waals surface area contributed by atoms with E-state index in [-0.39, 0.29) is 12.3 Å². The van der Waals surface area contributed by atoms with Gasteiger partial charge in [-0.3, -0.25) is 0 Å². The van der Waals surface area contributed by atoms with Crippen LogP contribution in [0.15, 0.2) is 18.2 Å². The van der Waals surface area contributed by atoms with E-state index in [1.165, 1.54) is 6.07 Å². The molecule has 13 heavy (non-hydrogen) atoms. The molecule has 0 aliphatic heterocycles. The lowest BCUT2D eigenvalue weighted by atomic mass is 10.1. The van der Waals surface area contributed by atoms with E-state index < -0.39 is 11.9 Å². The van der Waals surface area contributed by atoms with E-state index in [2.05, 4.69) is 5.32 Å². The number of aliphatic hydroxyl groups is 1. The zero-order chi connectivity index (χ0) is 9.84. The van der Waals surface area contributed by atoms with E-state index in [9.17, 15) is 4.39 Å². The molecule has 1 aromatic carbocycles. The van der Waals surface area contributed by atoms with Gasteiger partial charge in [0.05, 0.1) is 18.3 Å². The van der Waals surface area contributed by atoms with Gasteiger partial charge in [-0.25, -0.2) is 4.39 Å². The second kappa shape index (κ2) is 4.20. The van der Waals surface area contributed by atoms with Crippen molar-refractivity contribution in [3.8, 4) is 0 Å². The topological polar surface area (TPSA) is 58.3 Å². The summed E-state index contributed by atoms with van der Waals surface area (Å²) in [5.74, 6) is -0.462. The Morgan fingerprint density at radius 3 is 2.85 bits per heavy atom. The lowest BCUT2D eigenvalue weighted by molar-refractivity contribution is 0.248. The standard InChI is InChI=1S/C9H13FN2O/c1-12-8(5-13)6-3-2-4-7(11)9(6)10/h2-4,8,12-13H,5,11H2,1H3/t8-/m0/s1. The minimum Gasteiger partial charge on any atom is -0.396 e. The highest BCUT2D eigenvalue weighted by atomic mass is 19.1. The highest BCUT2D eigenvalue weighted by molar-refractivity contribution is 5.43.